The highest BCUT2D eigenvalue weighted by Gasteiger charge is 2.27. The molecular weight excluding hydrogens is 344 g/mol. The largest absolute Gasteiger partial charge is 0.495 e. The van der Waals surface area contributed by atoms with Crippen molar-refractivity contribution in [2.75, 3.05) is 58.2 Å². The lowest BCUT2D eigenvalue weighted by atomic mass is 10.2. The lowest BCUT2D eigenvalue weighted by Crippen LogP contribution is -2.54. The van der Waals surface area contributed by atoms with E-state index < -0.39 is 0 Å². The number of nitrogens with one attached hydrogen (secondary N) is 1. The quantitative estimate of drug-likeness (QED) is 0.745. The summed E-state index contributed by atoms with van der Waals surface area (Å²) in [5, 5.41) is 2.95. The lowest BCUT2D eigenvalue weighted by molar-refractivity contribution is -0.133. The number of anilines is 1. The van der Waals surface area contributed by atoms with Gasteiger partial charge < -0.3 is 15.0 Å². The molecule has 1 aromatic carbocycles. The summed E-state index contributed by atoms with van der Waals surface area (Å²) in [6.07, 6.45) is 0. The second-order valence-corrected chi connectivity index (χ2v) is 6.74. The van der Waals surface area contributed by atoms with Gasteiger partial charge in [0.05, 0.1) is 25.4 Å². The summed E-state index contributed by atoms with van der Waals surface area (Å²) in [5.41, 5.74) is 0.681. The molecule has 0 aromatic heterocycles. The Morgan fingerprint density at radius 2 is 1.78 bits per heavy atom. The summed E-state index contributed by atoms with van der Waals surface area (Å²) < 4.78 is 5.29. The van der Waals surface area contributed by atoms with E-state index in [9.17, 15) is 9.59 Å². The van der Waals surface area contributed by atoms with Gasteiger partial charge >= 0.3 is 0 Å². The number of piperazine rings is 1. The van der Waals surface area contributed by atoms with Gasteiger partial charge in [-0.15, -0.1) is 0 Å². The van der Waals surface area contributed by atoms with Crippen molar-refractivity contribution in [1.82, 2.24) is 14.7 Å². The van der Waals surface area contributed by atoms with Crippen LogP contribution in [0.1, 0.15) is 20.8 Å². The molecule has 7 heteroatoms. The molecule has 0 radical (unpaired) electrons. The Hall–Kier alpha value is -2.12. The minimum absolute atomic E-state index is 0.0489. The van der Waals surface area contributed by atoms with Crippen LogP contribution in [0.15, 0.2) is 24.3 Å². The number of hydrogen-bond donors (Lipinski definition) is 1. The molecule has 0 spiro atoms. The normalized spacial score (nSPS) is 16.6. The van der Waals surface area contributed by atoms with Crippen LogP contribution >= 0.6 is 0 Å². The molecule has 0 aliphatic carbocycles. The fraction of sp³-hybridized carbons (Fsp3) is 0.600. The first-order chi connectivity index (χ1) is 13.0. The van der Waals surface area contributed by atoms with Gasteiger partial charge in [0.15, 0.2) is 0 Å². The van der Waals surface area contributed by atoms with Crippen molar-refractivity contribution in [1.29, 1.82) is 0 Å². The molecule has 1 unspecified atom stereocenters. The van der Waals surface area contributed by atoms with Crippen LogP contribution in [0.2, 0.25) is 0 Å². The van der Waals surface area contributed by atoms with E-state index in [1.807, 2.05) is 49.9 Å². The number of carbonyl (C=O) groups is 2. The van der Waals surface area contributed by atoms with E-state index in [2.05, 4.69) is 15.1 Å². The molecule has 0 bridgehead atoms. The fourth-order valence-electron chi connectivity index (χ4n) is 3.33. The summed E-state index contributed by atoms with van der Waals surface area (Å²) in [6, 6.07) is 7.16. The summed E-state index contributed by atoms with van der Waals surface area (Å²) >= 11 is 0. The Kier molecular flexibility index (Phi) is 8.06. The van der Waals surface area contributed by atoms with Crippen molar-refractivity contribution in [3.8, 4) is 5.75 Å². The van der Waals surface area contributed by atoms with E-state index in [1.54, 1.807) is 7.11 Å². The zero-order valence-electron chi connectivity index (χ0n) is 16.9. The van der Waals surface area contributed by atoms with Crippen LogP contribution in [0.3, 0.4) is 0 Å². The van der Waals surface area contributed by atoms with Crippen molar-refractivity contribution in [2.45, 2.75) is 26.8 Å². The third kappa shape index (κ3) is 5.68. The first-order valence-electron chi connectivity index (χ1n) is 9.68. The molecule has 150 valence electrons. The van der Waals surface area contributed by atoms with Gasteiger partial charge in [-0.1, -0.05) is 12.1 Å². The van der Waals surface area contributed by atoms with Gasteiger partial charge in [0.1, 0.15) is 5.75 Å². The van der Waals surface area contributed by atoms with E-state index in [0.29, 0.717) is 18.0 Å². The number of hydrogen-bond acceptors (Lipinski definition) is 5. The van der Waals surface area contributed by atoms with Gasteiger partial charge in [0.2, 0.25) is 11.8 Å². The number of amides is 2. The van der Waals surface area contributed by atoms with Crippen LogP contribution < -0.4 is 10.1 Å². The molecule has 2 amide bonds. The van der Waals surface area contributed by atoms with Gasteiger partial charge in [-0.25, -0.2) is 0 Å². The lowest BCUT2D eigenvalue weighted by Gasteiger charge is -2.37. The molecule has 2 rings (SSSR count). The summed E-state index contributed by atoms with van der Waals surface area (Å²) in [6.45, 7) is 11.0. The molecule has 1 aromatic rings. The zero-order valence-corrected chi connectivity index (χ0v) is 16.9. The van der Waals surface area contributed by atoms with Crippen LogP contribution in [0.25, 0.3) is 0 Å². The monoisotopic (exact) mass is 376 g/mol. The van der Waals surface area contributed by atoms with Crippen LogP contribution in [0, 0.1) is 0 Å². The highest BCUT2D eigenvalue weighted by Crippen LogP contribution is 2.23. The molecule has 1 fully saturated rings. The van der Waals surface area contributed by atoms with Crippen LogP contribution in [-0.2, 0) is 9.59 Å². The molecular formula is C20H32N4O3. The summed E-state index contributed by atoms with van der Waals surface area (Å²) in [7, 11) is 1.59. The topological polar surface area (TPSA) is 65.1 Å². The third-order valence-corrected chi connectivity index (χ3v) is 5.17. The van der Waals surface area contributed by atoms with E-state index in [1.165, 1.54) is 0 Å². The summed E-state index contributed by atoms with van der Waals surface area (Å²) in [4.78, 5) is 31.1. The van der Waals surface area contributed by atoms with Crippen LogP contribution in [0.5, 0.6) is 5.75 Å². The average molecular weight is 377 g/mol. The van der Waals surface area contributed by atoms with Crippen LogP contribution in [0.4, 0.5) is 5.69 Å². The molecule has 0 saturated carbocycles. The summed E-state index contributed by atoms with van der Waals surface area (Å²) in [5.74, 6) is 0.778. The number of carbonyl (C=O) groups excluding carboxylic acids is 2. The van der Waals surface area contributed by atoms with Crippen molar-refractivity contribution in [2.24, 2.45) is 0 Å². The fourth-order valence-corrected chi connectivity index (χ4v) is 3.33. The molecule has 27 heavy (non-hydrogen) atoms. The Morgan fingerprint density at radius 3 is 2.37 bits per heavy atom. The van der Waals surface area contributed by atoms with Gasteiger partial charge in [0.25, 0.3) is 0 Å². The maximum Gasteiger partial charge on any atom is 0.241 e. The number of para-hydroxylation sites is 2. The van der Waals surface area contributed by atoms with Gasteiger partial charge in [0, 0.05) is 39.3 Å². The van der Waals surface area contributed by atoms with Gasteiger partial charge in [-0.05, 0) is 32.9 Å². The van der Waals surface area contributed by atoms with Crippen molar-refractivity contribution >= 4 is 17.5 Å². The van der Waals surface area contributed by atoms with Gasteiger partial charge in [-0.3, -0.25) is 19.4 Å². The highest BCUT2D eigenvalue weighted by atomic mass is 16.5. The van der Waals surface area contributed by atoms with E-state index in [-0.39, 0.29) is 17.9 Å². The number of rotatable bonds is 8. The molecule has 1 saturated heterocycles. The molecule has 1 atom stereocenters. The smallest absolute Gasteiger partial charge is 0.241 e. The Morgan fingerprint density at radius 1 is 1.15 bits per heavy atom. The molecule has 1 N–H and O–H groups in total. The Bertz CT molecular complexity index is 625. The van der Waals surface area contributed by atoms with Crippen LogP contribution in [-0.4, -0.2) is 85.5 Å². The predicted octanol–water partition coefficient (Wildman–Crippen LogP) is 1.51. The maximum absolute atomic E-state index is 12.6. The minimum atomic E-state index is -0.240. The van der Waals surface area contributed by atoms with Crippen molar-refractivity contribution in [3.63, 3.8) is 0 Å². The maximum atomic E-state index is 12.6. The predicted molar refractivity (Wildman–Crippen MR) is 107 cm³/mol. The molecule has 7 nitrogen and oxygen atoms in total. The Labute approximate surface area is 162 Å². The van der Waals surface area contributed by atoms with E-state index >= 15 is 0 Å². The minimum Gasteiger partial charge on any atom is -0.495 e. The second-order valence-electron chi connectivity index (χ2n) is 6.74. The van der Waals surface area contributed by atoms with E-state index in [4.69, 9.17) is 4.74 Å². The Balaban J connectivity index is 1.84. The van der Waals surface area contributed by atoms with Gasteiger partial charge in [-0.2, -0.15) is 0 Å². The number of benzene rings is 1. The number of likely N-dealkylation sites (N-methyl/N-ethyl adjacent to an activating group) is 1. The highest BCUT2D eigenvalue weighted by molar-refractivity contribution is 5.95. The second kappa shape index (κ2) is 10.3. The molecule has 1 heterocycles. The first kappa shape index (κ1) is 21.2. The SMILES string of the molecule is CCN(CC)C(=O)CN1CCN(C(C)C(=O)Nc2ccccc2OC)CC1. The third-order valence-electron chi connectivity index (χ3n) is 5.17. The number of ether oxygens (including phenoxy) is 1. The zero-order chi connectivity index (χ0) is 19.8. The number of nitrogens with zero attached hydrogens (tertiary/aromatic N) is 3. The van der Waals surface area contributed by atoms with Crippen molar-refractivity contribution in [3.05, 3.63) is 24.3 Å². The molecule has 1 aliphatic heterocycles. The van der Waals surface area contributed by atoms with E-state index in [0.717, 1.165) is 39.3 Å². The number of methoxy groups -OCH3 is 1. The first-order valence-corrected chi connectivity index (χ1v) is 9.68. The standard InChI is InChI=1S/C20H32N4O3/c1-5-23(6-2)19(25)15-22-11-13-24(14-12-22)16(3)20(26)21-17-9-7-8-10-18(17)27-4/h7-10,16H,5-6,11-15H2,1-4H3,(H,21,26). The van der Waals surface area contributed by atoms with Crippen molar-refractivity contribution < 1.29 is 14.3 Å². The molecule has 1 aliphatic rings. The average Bonchev–Trinajstić information content (AvgIpc) is 2.69.